The second kappa shape index (κ2) is 12.7. The molecule has 43 heavy (non-hydrogen) atoms. The molecule has 8 heteroatoms. The average Bonchev–Trinajstić information content (AvgIpc) is 3.62. The highest BCUT2D eigenvalue weighted by Gasteiger charge is 2.30. The van der Waals surface area contributed by atoms with Crippen molar-refractivity contribution in [3.8, 4) is 0 Å². The molecule has 0 saturated carbocycles. The third kappa shape index (κ3) is 6.39. The fourth-order valence-corrected chi connectivity index (χ4v) is 5.95. The number of nitrogens with one attached hydrogen (secondary N) is 3. The molecule has 2 amide bonds. The molecular weight excluding hydrogens is 536 g/mol. The van der Waals surface area contributed by atoms with Gasteiger partial charge in [-0.25, -0.2) is 0 Å². The molecule has 1 saturated heterocycles. The third-order valence-corrected chi connectivity index (χ3v) is 8.26. The second-order valence-electron chi connectivity index (χ2n) is 11.4. The predicted molar refractivity (Wildman–Crippen MR) is 171 cm³/mol. The molecule has 220 valence electrons. The molecule has 1 atom stereocenters. The van der Waals surface area contributed by atoms with E-state index in [-0.39, 0.29) is 17.9 Å². The van der Waals surface area contributed by atoms with Crippen molar-refractivity contribution < 1.29 is 9.59 Å². The van der Waals surface area contributed by atoms with Crippen molar-refractivity contribution in [2.24, 2.45) is 7.05 Å². The van der Waals surface area contributed by atoms with Gasteiger partial charge in [0.2, 0.25) is 0 Å². The van der Waals surface area contributed by atoms with Crippen LogP contribution in [0.2, 0.25) is 0 Å². The number of carbonyl (C=O) groups excluding carboxylic acids is 2. The third-order valence-electron chi connectivity index (χ3n) is 8.26. The zero-order valence-electron chi connectivity index (χ0n) is 24.8. The maximum absolute atomic E-state index is 13.5. The van der Waals surface area contributed by atoms with Gasteiger partial charge in [0.05, 0.1) is 23.5 Å². The molecule has 3 aromatic carbocycles. The molecule has 8 nitrogen and oxygen atoms in total. The summed E-state index contributed by atoms with van der Waals surface area (Å²) in [6, 6.07) is 23.6. The minimum absolute atomic E-state index is 0.109. The standard InChI is InChI=1S/C35H38N6O2/c1-3-30(25-10-6-4-7-11-25)38-34(42)26-14-17-31-29(20-26)32(35(43)39-31)33(27-21-36-40(2)23-27)37-28-15-12-24(13-16-28)22-41-18-8-5-9-19-41/h4,6-7,10-17,20-21,23,30,37H,3,5,8-9,18-19,22H2,1-2H3,(H,38,42)(H,39,43)/b33-32-/t30-/m1/s1. The molecule has 2 aliphatic heterocycles. The number of benzene rings is 3. The molecule has 2 aliphatic rings. The van der Waals surface area contributed by atoms with Crippen molar-refractivity contribution >= 4 is 34.5 Å². The maximum Gasteiger partial charge on any atom is 0.258 e. The van der Waals surface area contributed by atoms with Crippen LogP contribution in [0.4, 0.5) is 11.4 Å². The van der Waals surface area contributed by atoms with Gasteiger partial charge in [0.15, 0.2) is 0 Å². The first-order valence-electron chi connectivity index (χ1n) is 15.1. The summed E-state index contributed by atoms with van der Waals surface area (Å²) in [5, 5.41) is 14.0. The van der Waals surface area contributed by atoms with Crippen LogP contribution in [0.15, 0.2) is 85.2 Å². The fourth-order valence-electron chi connectivity index (χ4n) is 5.95. The number of likely N-dealkylation sites (tertiary alicyclic amines) is 1. The molecule has 1 aromatic heterocycles. The highest BCUT2D eigenvalue weighted by molar-refractivity contribution is 6.37. The van der Waals surface area contributed by atoms with E-state index in [1.165, 1.54) is 24.8 Å². The lowest BCUT2D eigenvalue weighted by atomic mass is 9.99. The maximum atomic E-state index is 13.5. The van der Waals surface area contributed by atoms with E-state index in [4.69, 9.17) is 0 Å². The van der Waals surface area contributed by atoms with Gasteiger partial charge in [-0.15, -0.1) is 0 Å². The van der Waals surface area contributed by atoms with Crippen LogP contribution < -0.4 is 16.0 Å². The van der Waals surface area contributed by atoms with E-state index in [1.807, 2.05) is 43.6 Å². The quantitative estimate of drug-likeness (QED) is 0.207. The topological polar surface area (TPSA) is 91.3 Å². The van der Waals surface area contributed by atoms with Crippen molar-refractivity contribution in [3.05, 3.63) is 113 Å². The molecule has 0 bridgehead atoms. The van der Waals surface area contributed by atoms with Crippen LogP contribution in [0.3, 0.4) is 0 Å². The van der Waals surface area contributed by atoms with Crippen LogP contribution in [-0.4, -0.2) is 39.6 Å². The van der Waals surface area contributed by atoms with Crippen LogP contribution in [-0.2, 0) is 18.4 Å². The Morgan fingerprint density at radius 1 is 0.977 bits per heavy atom. The van der Waals surface area contributed by atoms with Crippen molar-refractivity contribution in [1.29, 1.82) is 0 Å². The summed E-state index contributed by atoms with van der Waals surface area (Å²) >= 11 is 0. The molecule has 6 rings (SSSR count). The van der Waals surface area contributed by atoms with Gasteiger partial charge in [-0.1, -0.05) is 55.8 Å². The monoisotopic (exact) mass is 574 g/mol. The average molecular weight is 575 g/mol. The zero-order chi connectivity index (χ0) is 29.8. The van der Waals surface area contributed by atoms with Gasteiger partial charge in [0, 0.05) is 47.9 Å². The number of rotatable bonds is 9. The number of hydrogen-bond donors (Lipinski definition) is 3. The number of carbonyl (C=O) groups is 2. The summed E-state index contributed by atoms with van der Waals surface area (Å²) in [7, 11) is 1.85. The lowest BCUT2D eigenvalue weighted by Gasteiger charge is -2.26. The minimum atomic E-state index is -0.226. The number of nitrogens with zero attached hydrogens (tertiary/aromatic N) is 3. The number of fused-ring (bicyclic) bond motifs is 1. The van der Waals surface area contributed by atoms with Crippen LogP contribution in [0, 0.1) is 0 Å². The van der Waals surface area contributed by atoms with Crippen LogP contribution in [0.25, 0.3) is 11.3 Å². The van der Waals surface area contributed by atoms with E-state index >= 15 is 0 Å². The number of amides is 2. The summed E-state index contributed by atoms with van der Waals surface area (Å²) in [5.41, 5.74) is 6.94. The summed E-state index contributed by atoms with van der Waals surface area (Å²) in [4.78, 5) is 29.4. The Bertz CT molecular complexity index is 1630. The van der Waals surface area contributed by atoms with Crippen molar-refractivity contribution in [2.45, 2.75) is 45.2 Å². The van der Waals surface area contributed by atoms with Gasteiger partial charge >= 0.3 is 0 Å². The number of anilines is 2. The number of aromatic nitrogens is 2. The first-order valence-corrected chi connectivity index (χ1v) is 15.1. The molecule has 0 unspecified atom stereocenters. The van der Waals surface area contributed by atoms with Crippen molar-refractivity contribution in [2.75, 3.05) is 23.7 Å². The van der Waals surface area contributed by atoms with Gasteiger partial charge in [0.25, 0.3) is 11.8 Å². The number of aryl methyl sites for hydroxylation is 1. The van der Waals surface area contributed by atoms with Gasteiger partial charge in [0.1, 0.15) is 0 Å². The Kier molecular flexibility index (Phi) is 8.38. The Morgan fingerprint density at radius 2 is 1.74 bits per heavy atom. The van der Waals surface area contributed by atoms with Crippen molar-refractivity contribution in [3.63, 3.8) is 0 Å². The largest absolute Gasteiger partial charge is 0.354 e. The highest BCUT2D eigenvalue weighted by Crippen LogP contribution is 2.38. The lowest BCUT2D eigenvalue weighted by molar-refractivity contribution is -0.110. The highest BCUT2D eigenvalue weighted by atomic mass is 16.2. The van der Waals surface area contributed by atoms with Gasteiger partial charge < -0.3 is 16.0 Å². The number of piperidine rings is 1. The van der Waals surface area contributed by atoms with Crippen LogP contribution in [0.5, 0.6) is 0 Å². The molecular formula is C35H38N6O2. The van der Waals surface area contributed by atoms with Crippen molar-refractivity contribution in [1.82, 2.24) is 20.0 Å². The summed E-state index contributed by atoms with van der Waals surface area (Å²) in [6.07, 6.45) is 8.24. The van der Waals surface area contributed by atoms with Crippen LogP contribution >= 0.6 is 0 Å². The molecule has 0 spiro atoms. The normalized spacial score (nSPS) is 16.7. The number of hydrogen-bond acceptors (Lipinski definition) is 5. The molecule has 4 aromatic rings. The second-order valence-corrected chi connectivity index (χ2v) is 11.4. The van der Waals surface area contributed by atoms with Gasteiger partial charge in [-0.2, -0.15) is 5.10 Å². The Labute approximate surface area is 252 Å². The zero-order valence-corrected chi connectivity index (χ0v) is 24.8. The summed E-state index contributed by atoms with van der Waals surface area (Å²) < 4.78 is 1.71. The van der Waals surface area contributed by atoms with E-state index in [0.29, 0.717) is 28.1 Å². The van der Waals surface area contributed by atoms with E-state index in [1.54, 1.807) is 29.1 Å². The minimum Gasteiger partial charge on any atom is -0.354 e. The van der Waals surface area contributed by atoms with E-state index in [9.17, 15) is 9.59 Å². The fraction of sp³-hybridized carbons (Fsp3) is 0.286. The van der Waals surface area contributed by atoms with Gasteiger partial charge in [-0.3, -0.25) is 19.2 Å². The first kappa shape index (κ1) is 28.4. The molecule has 1 fully saturated rings. The molecule has 0 aliphatic carbocycles. The first-order chi connectivity index (χ1) is 21.0. The SMILES string of the molecule is CC[C@@H](NC(=O)c1ccc2c(c1)/C(=C(/Nc1ccc(CN3CCCCC3)cc1)c1cnn(C)c1)C(=O)N2)c1ccccc1. The molecule has 3 heterocycles. The molecule has 3 N–H and O–H groups in total. The summed E-state index contributed by atoms with van der Waals surface area (Å²) in [5.74, 6) is -0.409. The Morgan fingerprint density at radius 3 is 2.44 bits per heavy atom. The van der Waals surface area contributed by atoms with E-state index < -0.39 is 0 Å². The lowest BCUT2D eigenvalue weighted by Crippen LogP contribution is -2.29. The van der Waals surface area contributed by atoms with Crippen LogP contribution in [0.1, 0.15) is 71.3 Å². The van der Waals surface area contributed by atoms with E-state index in [0.717, 1.165) is 42.9 Å². The summed E-state index contributed by atoms with van der Waals surface area (Å²) in [6.45, 7) is 5.30. The predicted octanol–water partition coefficient (Wildman–Crippen LogP) is 6.22. The van der Waals surface area contributed by atoms with E-state index in [2.05, 4.69) is 57.1 Å². The Hall–Kier alpha value is -4.69. The molecule has 0 radical (unpaired) electrons. The van der Waals surface area contributed by atoms with Gasteiger partial charge in [-0.05, 0) is 73.8 Å². The smallest absolute Gasteiger partial charge is 0.258 e. The Balaban J connectivity index is 1.30.